The normalized spacial score (nSPS) is 10.9. The highest BCUT2D eigenvalue weighted by atomic mass is 32.2. The van der Waals surface area contributed by atoms with E-state index >= 15 is 0 Å². The summed E-state index contributed by atoms with van der Waals surface area (Å²) in [7, 11) is 1.71. The number of nitrogens with one attached hydrogen (secondary N) is 1. The fourth-order valence-corrected chi connectivity index (χ4v) is 2.01. The van der Waals surface area contributed by atoms with Crippen LogP contribution in [0.4, 0.5) is 0 Å². The molecule has 0 bridgehead atoms. The second-order valence-electron chi connectivity index (χ2n) is 2.90. The first-order chi connectivity index (χ1) is 6.90. The molecule has 14 heavy (non-hydrogen) atoms. The lowest BCUT2D eigenvalue weighted by atomic mass is 10.3. The zero-order valence-corrected chi connectivity index (χ0v) is 8.80. The van der Waals surface area contributed by atoms with E-state index in [2.05, 4.69) is 9.97 Å². The molecule has 74 valence electrons. The number of imidazole rings is 1. The largest absolute Gasteiger partial charge is 0.384 e. The maximum Gasteiger partial charge on any atom is 0.166 e. The Labute approximate surface area is 86.9 Å². The summed E-state index contributed by atoms with van der Waals surface area (Å²) in [6.45, 7) is 0.752. The predicted molar refractivity (Wildman–Crippen MR) is 58.7 cm³/mol. The summed E-state index contributed by atoms with van der Waals surface area (Å²) in [5, 5.41) is 0.961. The molecule has 0 saturated heterocycles. The third kappa shape index (κ3) is 2.08. The molecule has 0 aliphatic carbocycles. The summed E-state index contributed by atoms with van der Waals surface area (Å²) < 4.78 is 4.98. The summed E-state index contributed by atoms with van der Waals surface area (Å²) >= 11 is 1.68. The van der Waals surface area contributed by atoms with Gasteiger partial charge in [0.2, 0.25) is 0 Å². The van der Waals surface area contributed by atoms with Gasteiger partial charge in [0, 0.05) is 12.9 Å². The lowest BCUT2D eigenvalue weighted by Crippen LogP contribution is -1.91. The van der Waals surface area contributed by atoms with Gasteiger partial charge in [-0.3, -0.25) is 0 Å². The number of para-hydroxylation sites is 2. The van der Waals surface area contributed by atoms with Crippen LogP contribution in [0.5, 0.6) is 0 Å². The van der Waals surface area contributed by atoms with E-state index in [0.717, 1.165) is 28.5 Å². The number of nitrogens with zero attached hydrogens (tertiary/aromatic N) is 1. The Balaban J connectivity index is 2.11. The van der Waals surface area contributed by atoms with Gasteiger partial charge in [0.1, 0.15) is 0 Å². The summed E-state index contributed by atoms with van der Waals surface area (Å²) in [6, 6.07) is 8.03. The zero-order chi connectivity index (χ0) is 9.80. The smallest absolute Gasteiger partial charge is 0.166 e. The Kier molecular flexibility index (Phi) is 3.06. The molecule has 0 amide bonds. The third-order valence-corrected chi connectivity index (χ3v) is 2.73. The first-order valence-corrected chi connectivity index (χ1v) is 5.45. The minimum atomic E-state index is 0.752. The standard InChI is InChI=1S/C10H12N2OS/c1-13-6-7-14-10-11-8-4-2-3-5-9(8)12-10/h2-5H,6-7H2,1H3,(H,11,12). The molecule has 1 aromatic heterocycles. The lowest BCUT2D eigenvalue weighted by molar-refractivity contribution is 0.218. The van der Waals surface area contributed by atoms with Crippen molar-refractivity contribution in [2.45, 2.75) is 5.16 Å². The van der Waals surface area contributed by atoms with Crippen molar-refractivity contribution in [2.24, 2.45) is 0 Å². The van der Waals surface area contributed by atoms with E-state index in [1.807, 2.05) is 24.3 Å². The number of aromatic nitrogens is 2. The van der Waals surface area contributed by atoms with Gasteiger partial charge in [-0.15, -0.1) is 0 Å². The topological polar surface area (TPSA) is 37.9 Å². The van der Waals surface area contributed by atoms with Crippen LogP contribution in [0.2, 0.25) is 0 Å². The number of ether oxygens (including phenoxy) is 1. The summed E-state index contributed by atoms with van der Waals surface area (Å²) in [5.41, 5.74) is 2.11. The molecule has 3 nitrogen and oxygen atoms in total. The molecule has 1 aromatic carbocycles. The Bertz CT molecular complexity index is 380. The van der Waals surface area contributed by atoms with Crippen LogP contribution in [-0.4, -0.2) is 29.4 Å². The van der Waals surface area contributed by atoms with Crippen LogP contribution in [0.3, 0.4) is 0 Å². The maximum atomic E-state index is 4.98. The Morgan fingerprint density at radius 3 is 3.07 bits per heavy atom. The van der Waals surface area contributed by atoms with Crippen molar-refractivity contribution in [3.63, 3.8) is 0 Å². The number of rotatable bonds is 4. The van der Waals surface area contributed by atoms with E-state index in [1.54, 1.807) is 18.9 Å². The van der Waals surface area contributed by atoms with Crippen molar-refractivity contribution < 1.29 is 4.74 Å². The summed E-state index contributed by atoms with van der Waals surface area (Å²) in [6.07, 6.45) is 0. The molecule has 0 aliphatic heterocycles. The van der Waals surface area contributed by atoms with Crippen LogP contribution < -0.4 is 0 Å². The van der Waals surface area contributed by atoms with Crippen LogP contribution in [0, 0.1) is 0 Å². The van der Waals surface area contributed by atoms with Crippen molar-refractivity contribution in [3.8, 4) is 0 Å². The molecule has 4 heteroatoms. The highest BCUT2D eigenvalue weighted by Crippen LogP contribution is 2.18. The first-order valence-electron chi connectivity index (χ1n) is 4.46. The zero-order valence-electron chi connectivity index (χ0n) is 7.99. The first kappa shape index (κ1) is 9.55. The highest BCUT2D eigenvalue weighted by Gasteiger charge is 2.01. The van der Waals surface area contributed by atoms with Crippen LogP contribution in [0.15, 0.2) is 29.4 Å². The van der Waals surface area contributed by atoms with E-state index in [4.69, 9.17) is 4.74 Å². The number of fused-ring (bicyclic) bond motifs is 1. The van der Waals surface area contributed by atoms with E-state index in [-0.39, 0.29) is 0 Å². The predicted octanol–water partition coefficient (Wildman–Crippen LogP) is 2.30. The van der Waals surface area contributed by atoms with Gasteiger partial charge in [-0.2, -0.15) is 0 Å². The molecule has 2 rings (SSSR count). The van der Waals surface area contributed by atoms with Crippen molar-refractivity contribution in [1.29, 1.82) is 0 Å². The fourth-order valence-electron chi connectivity index (χ4n) is 1.22. The van der Waals surface area contributed by atoms with Gasteiger partial charge < -0.3 is 9.72 Å². The molecule has 0 fully saturated rings. The fraction of sp³-hybridized carbons (Fsp3) is 0.300. The number of aromatic amines is 1. The van der Waals surface area contributed by atoms with E-state index < -0.39 is 0 Å². The van der Waals surface area contributed by atoms with Gasteiger partial charge in [-0.25, -0.2) is 4.98 Å². The van der Waals surface area contributed by atoms with Crippen LogP contribution in [-0.2, 0) is 4.74 Å². The van der Waals surface area contributed by atoms with Gasteiger partial charge in [0.25, 0.3) is 0 Å². The Hall–Kier alpha value is -1.00. The van der Waals surface area contributed by atoms with E-state index in [0.29, 0.717) is 0 Å². The summed E-state index contributed by atoms with van der Waals surface area (Å²) in [4.78, 5) is 7.69. The molecule has 0 spiro atoms. The van der Waals surface area contributed by atoms with Gasteiger partial charge in [0.15, 0.2) is 5.16 Å². The number of thioether (sulfide) groups is 1. The van der Waals surface area contributed by atoms with Crippen LogP contribution in [0.25, 0.3) is 11.0 Å². The minimum absolute atomic E-state index is 0.752. The molecule has 0 atom stereocenters. The van der Waals surface area contributed by atoms with Gasteiger partial charge in [0.05, 0.1) is 17.6 Å². The molecular weight excluding hydrogens is 196 g/mol. The number of benzene rings is 1. The van der Waals surface area contributed by atoms with Gasteiger partial charge in [-0.05, 0) is 12.1 Å². The average molecular weight is 208 g/mol. The van der Waals surface area contributed by atoms with Crippen LogP contribution >= 0.6 is 11.8 Å². The van der Waals surface area contributed by atoms with Gasteiger partial charge >= 0.3 is 0 Å². The van der Waals surface area contributed by atoms with Crippen LogP contribution in [0.1, 0.15) is 0 Å². The average Bonchev–Trinajstić information content (AvgIpc) is 2.60. The maximum absolute atomic E-state index is 4.98. The lowest BCUT2D eigenvalue weighted by Gasteiger charge is -1.94. The monoisotopic (exact) mass is 208 g/mol. The quantitative estimate of drug-likeness (QED) is 0.619. The van der Waals surface area contributed by atoms with E-state index in [1.165, 1.54) is 0 Å². The van der Waals surface area contributed by atoms with Gasteiger partial charge in [-0.1, -0.05) is 23.9 Å². The molecule has 0 aliphatic rings. The molecule has 1 heterocycles. The van der Waals surface area contributed by atoms with Crippen molar-refractivity contribution >= 4 is 22.8 Å². The molecule has 2 aromatic rings. The molecule has 0 saturated carbocycles. The Morgan fingerprint density at radius 2 is 2.29 bits per heavy atom. The number of hydrogen-bond acceptors (Lipinski definition) is 3. The SMILES string of the molecule is COCCSc1nc2ccccc2[nH]1. The van der Waals surface area contributed by atoms with Crippen molar-refractivity contribution in [2.75, 3.05) is 19.5 Å². The van der Waals surface area contributed by atoms with Crippen molar-refractivity contribution in [1.82, 2.24) is 9.97 Å². The number of H-pyrrole nitrogens is 1. The molecule has 0 unspecified atom stereocenters. The van der Waals surface area contributed by atoms with Crippen molar-refractivity contribution in [3.05, 3.63) is 24.3 Å². The third-order valence-electron chi connectivity index (χ3n) is 1.89. The second-order valence-corrected chi connectivity index (χ2v) is 3.98. The molecular formula is C10H12N2OS. The Morgan fingerprint density at radius 1 is 1.43 bits per heavy atom. The highest BCUT2D eigenvalue weighted by molar-refractivity contribution is 7.99. The molecule has 0 radical (unpaired) electrons. The second kappa shape index (κ2) is 4.48. The number of hydrogen-bond donors (Lipinski definition) is 1. The number of methoxy groups -OCH3 is 1. The minimum Gasteiger partial charge on any atom is -0.384 e. The van der Waals surface area contributed by atoms with E-state index in [9.17, 15) is 0 Å². The summed E-state index contributed by atoms with van der Waals surface area (Å²) in [5.74, 6) is 0.927. The molecule has 1 N–H and O–H groups in total.